The van der Waals surface area contributed by atoms with Crippen molar-refractivity contribution in [3.63, 3.8) is 0 Å². The Hall–Kier alpha value is -2.09. The van der Waals surface area contributed by atoms with Gasteiger partial charge < -0.3 is 21.9 Å². The summed E-state index contributed by atoms with van der Waals surface area (Å²) in [5.74, 6) is 0.294. The number of halogens is 1. The van der Waals surface area contributed by atoms with Crippen molar-refractivity contribution in [1.82, 2.24) is 9.97 Å². The highest BCUT2D eigenvalue weighted by molar-refractivity contribution is 6.33. The molecule has 1 aromatic heterocycles. The van der Waals surface area contributed by atoms with Crippen LogP contribution < -0.4 is 16.7 Å². The van der Waals surface area contributed by atoms with Gasteiger partial charge in [-0.3, -0.25) is 5.21 Å². The number of nitrogen functional groups attached to an aromatic ring is 2. The molecule has 0 atom stereocenters. The average Bonchev–Trinajstić information content (AvgIpc) is 2.38. The molecule has 20 heavy (non-hydrogen) atoms. The number of aryl methyl sites for hydroxylation is 1. The molecule has 0 radical (unpaired) electrons. The second-order valence-electron chi connectivity index (χ2n) is 4.08. The summed E-state index contributed by atoms with van der Waals surface area (Å²) in [6.07, 6.45) is 0.588. The van der Waals surface area contributed by atoms with Crippen LogP contribution in [0.1, 0.15) is 12.6 Å². The predicted molar refractivity (Wildman–Crippen MR) is 78.3 cm³/mol. The van der Waals surface area contributed by atoms with Crippen LogP contribution in [0.2, 0.25) is 5.02 Å². The SMILES string of the molecule is CCc1nc(N)nc(N)c1-c1ccc(Cl)c(N([O-])O)c1. The summed E-state index contributed by atoms with van der Waals surface area (Å²) in [6.45, 7) is 1.90. The molecule has 1 aromatic carbocycles. The summed E-state index contributed by atoms with van der Waals surface area (Å²) >= 11 is 5.83. The van der Waals surface area contributed by atoms with Crippen molar-refractivity contribution in [3.05, 3.63) is 34.1 Å². The lowest BCUT2D eigenvalue weighted by molar-refractivity contribution is 0.296. The van der Waals surface area contributed by atoms with Gasteiger partial charge in [-0.25, -0.2) is 4.98 Å². The maximum absolute atomic E-state index is 11.0. The number of hydrogen-bond donors (Lipinski definition) is 3. The van der Waals surface area contributed by atoms with Gasteiger partial charge >= 0.3 is 0 Å². The van der Waals surface area contributed by atoms with Crippen LogP contribution in [0.15, 0.2) is 18.2 Å². The van der Waals surface area contributed by atoms with Crippen LogP contribution in [0, 0.1) is 5.21 Å². The minimum absolute atomic E-state index is 0.0811. The summed E-state index contributed by atoms with van der Waals surface area (Å²) in [7, 11) is 0. The van der Waals surface area contributed by atoms with Gasteiger partial charge in [0.25, 0.3) is 0 Å². The lowest BCUT2D eigenvalue weighted by Crippen LogP contribution is -2.09. The molecule has 8 heteroatoms. The van der Waals surface area contributed by atoms with Crippen LogP contribution in [0.5, 0.6) is 0 Å². The Kier molecular flexibility index (Phi) is 3.93. The zero-order chi connectivity index (χ0) is 14.9. The molecule has 2 aromatic rings. The van der Waals surface area contributed by atoms with Gasteiger partial charge in [-0.05, 0) is 24.1 Å². The Labute approximate surface area is 120 Å². The van der Waals surface area contributed by atoms with E-state index in [1.54, 1.807) is 6.07 Å². The van der Waals surface area contributed by atoms with Gasteiger partial charge in [0.2, 0.25) is 5.95 Å². The van der Waals surface area contributed by atoms with E-state index in [0.717, 1.165) is 0 Å². The monoisotopic (exact) mass is 294 g/mol. The Morgan fingerprint density at radius 2 is 2.05 bits per heavy atom. The number of aromatic nitrogens is 2. The number of nitrogens with two attached hydrogens (primary N) is 2. The molecule has 0 fully saturated rings. The zero-order valence-corrected chi connectivity index (χ0v) is 11.4. The molecule has 0 aliphatic rings. The van der Waals surface area contributed by atoms with Gasteiger partial charge in [-0.1, -0.05) is 24.6 Å². The second kappa shape index (κ2) is 5.49. The fourth-order valence-electron chi connectivity index (χ4n) is 1.93. The van der Waals surface area contributed by atoms with E-state index < -0.39 is 0 Å². The first-order chi connectivity index (χ1) is 9.43. The molecule has 0 saturated carbocycles. The van der Waals surface area contributed by atoms with Crippen LogP contribution in [-0.4, -0.2) is 15.2 Å². The molecule has 0 bridgehead atoms. The first-order valence-electron chi connectivity index (χ1n) is 5.82. The van der Waals surface area contributed by atoms with Crippen molar-refractivity contribution < 1.29 is 5.21 Å². The van der Waals surface area contributed by atoms with Crippen LogP contribution in [0.4, 0.5) is 17.5 Å². The second-order valence-corrected chi connectivity index (χ2v) is 4.49. The van der Waals surface area contributed by atoms with E-state index >= 15 is 0 Å². The molecule has 0 amide bonds. The molecule has 7 nitrogen and oxygen atoms in total. The van der Waals surface area contributed by atoms with Gasteiger partial charge in [-0.2, -0.15) is 4.98 Å². The van der Waals surface area contributed by atoms with Crippen LogP contribution in [-0.2, 0) is 6.42 Å². The number of benzene rings is 1. The fourth-order valence-corrected chi connectivity index (χ4v) is 2.12. The molecule has 106 valence electrons. The highest BCUT2D eigenvalue weighted by Crippen LogP contribution is 2.34. The van der Waals surface area contributed by atoms with Crippen molar-refractivity contribution in [2.75, 3.05) is 16.7 Å². The normalized spacial score (nSPS) is 10.6. The Bertz CT molecular complexity index is 648. The number of hydrogen-bond acceptors (Lipinski definition) is 7. The first-order valence-corrected chi connectivity index (χ1v) is 6.19. The summed E-state index contributed by atoms with van der Waals surface area (Å²) < 4.78 is 0. The molecule has 0 saturated heterocycles. The van der Waals surface area contributed by atoms with E-state index in [-0.39, 0.29) is 27.7 Å². The van der Waals surface area contributed by atoms with E-state index in [1.165, 1.54) is 12.1 Å². The highest BCUT2D eigenvalue weighted by Gasteiger charge is 2.14. The minimum Gasteiger partial charge on any atom is -0.733 e. The number of nitrogens with zero attached hydrogens (tertiary/aromatic N) is 3. The van der Waals surface area contributed by atoms with E-state index in [1.807, 2.05) is 6.92 Å². The van der Waals surface area contributed by atoms with Crippen LogP contribution in [0.3, 0.4) is 0 Å². The third-order valence-electron chi connectivity index (χ3n) is 2.81. The van der Waals surface area contributed by atoms with Crippen LogP contribution >= 0.6 is 11.6 Å². The van der Waals surface area contributed by atoms with Gasteiger partial charge in [-0.15, -0.1) is 0 Å². The smallest absolute Gasteiger partial charge is 0.222 e. The third kappa shape index (κ3) is 2.60. The predicted octanol–water partition coefficient (Wildman–Crippen LogP) is 2.22. The first kappa shape index (κ1) is 14.3. The maximum atomic E-state index is 11.0. The Morgan fingerprint density at radius 1 is 1.35 bits per heavy atom. The van der Waals surface area contributed by atoms with Crippen molar-refractivity contribution in [3.8, 4) is 11.1 Å². The van der Waals surface area contributed by atoms with E-state index in [9.17, 15) is 5.21 Å². The number of rotatable bonds is 3. The molecular formula is C12H13ClN5O2-. The van der Waals surface area contributed by atoms with E-state index in [0.29, 0.717) is 23.2 Å². The zero-order valence-electron chi connectivity index (χ0n) is 10.7. The number of anilines is 3. The van der Waals surface area contributed by atoms with Crippen molar-refractivity contribution in [2.24, 2.45) is 0 Å². The van der Waals surface area contributed by atoms with E-state index in [4.69, 9.17) is 28.3 Å². The fraction of sp³-hybridized carbons (Fsp3) is 0.167. The van der Waals surface area contributed by atoms with Gasteiger partial charge in [0.05, 0.1) is 16.4 Å². The summed E-state index contributed by atoms with van der Waals surface area (Å²) in [5, 5.41) is 19.9. The quantitative estimate of drug-likeness (QED) is 0.741. The summed E-state index contributed by atoms with van der Waals surface area (Å²) in [6, 6.07) is 4.57. The lowest BCUT2D eigenvalue weighted by atomic mass is 10.0. The van der Waals surface area contributed by atoms with Gasteiger partial charge in [0.1, 0.15) is 5.82 Å². The summed E-state index contributed by atoms with van der Waals surface area (Å²) in [5.41, 5.74) is 13.2. The molecule has 1 heterocycles. The Balaban J connectivity index is 2.65. The summed E-state index contributed by atoms with van der Waals surface area (Å²) in [4.78, 5) is 8.04. The average molecular weight is 295 g/mol. The lowest BCUT2D eigenvalue weighted by Gasteiger charge is -2.23. The molecule has 0 aliphatic heterocycles. The minimum atomic E-state index is -0.300. The highest BCUT2D eigenvalue weighted by atomic mass is 35.5. The topological polar surface area (TPSA) is 124 Å². The Morgan fingerprint density at radius 3 is 2.65 bits per heavy atom. The molecule has 0 aliphatic carbocycles. The molecule has 0 spiro atoms. The molecule has 5 N–H and O–H groups in total. The van der Waals surface area contributed by atoms with Crippen molar-refractivity contribution >= 4 is 29.1 Å². The van der Waals surface area contributed by atoms with Crippen molar-refractivity contribution in [1.29, 1.82) is 0 Å². The molecule has 2 rings (SSSR count). The third-order valence-corrected chi connectivity index (χ3v) is 3.12. The van der Waals surface area contributed by atoms with Gasteiger partial charge in [0, 0.05) is 5.56 Å². The maximum Gasteiger partial charge on any atom is 0.222 e. The largest absolute Gasteiger partial charge is 0.733 e. The molecule has 0 unspecified atom stereocenters. The van der Waals surface area contributed by atoms with Gasteiger partial charge in [0.15, 0.2) is 0 Å². The van der Waals surface area contributed by atoms with Crippen LogP contribution in [0.25, 0.3) is 11.1 Å². The van der Waals surface area contributed by atoms with Crippen molar-refractivity contribution in [2.45, 2.75) is 13.3 Å². The standard InChI is InChI=1S/C12H13ClN5O2/c1-2-8-10(11(14)17-12(15)16-8)6-3-4-7(13)9(5-6)18(19)20/h3-5,19H,2H2,1H3,(H4,14,15,16,17)/q-1. The molecular weight excluding hydrogens is 282 g/mol. The van der Waals surface area contributed by atoms with E-state index in [2.05, 4.69) is 9.97 Å².